The zero-order valence-electron chi connectivity index (χ0n) is 13.8. The number of piperidine rings is 1. The molecule has 0 bridgehead atoms. The number of phenols is 1. The number of aromatic hydroxyl groups is 1. The van der Waals surface area contributed by atoms with Crippen LogP contribution in [0.3, 0.4) is 0 Å². The fraction of sp³-hybridized carbons (Fsp3) is 0.667. The van der Waals surface area contributed by atoms with Crippen LogP contribution in [0.5, 0.6) is 5.75 Å². The first-order valence-corrected chi connectivity index (χ1v) is 8.28. The van der Waals surface area contributed by atoms with E-state index in [2.05, 4.69) is 29.3 Å². The van der Waals surface area contributed by atoms with Gasteiger partial charge in [-0.1, -0.05) is 19.1 Å². The van der Waals surface area contributed by atoms with Gasteiger partial charge in [-0.3, -0.25) is 0 Å². The largest absolute Gasteiger partial charge is 0.507 e. The van der Waals surface area contributed by atoms with E-state index in [1.54, 1.807) is 0 Å². The van der Waals surface area contributed by atoms with Gasteiger partial charge in [0.1, 0.15) is 5.75 Å². The van der Waals surface area contributed by atoms with Crippen molar-refractivity contribution in [2.24, 2.45) is 5.92 Å². The standard InChI is InChI=1S/C18H30N2O/c1-14-5-9-20(10-6-14)8-4-7-19-13-17-11-15(2)18(21)16(3)12-17/h11-12,14,19,21H,4-10,13H2,1-3H3. The maximum absolute atomic E-state index is 9.78. The summed E-state index contributed by atoms with van der Waals surface area (Å²) in [6.07, 6.45) is 3.93. The highest BCUT2D eigenvalue weighted by Gasteiger charge is 2.14. The Morgan fingerprint density at radius 2 is 1.81 bits per heavy atom. The number of benzene rings is 1. The number of hydrogen-bond acceptors (Lipinski definition) is 3. The van der Waals surface area contributed by atoms with Crippen LogP contribution in [0, 0.1) is 19.8 Å². The van der Waals surface area contributed by atoms with Gasteiger partial charge in [0.2, 0.25) is 0 Å². The zero-order valence-corrected chi connectivity index (χ0v) is 13.8. The third-order valence-corrected chi connectivity index (χ3v) is 4.58. The number of aryl methyl sites for hydroxylation is 2. The van der Waals surface area contributed by atoms with Gasteiger partial charge < -0.3 is 15.3 Å². The van der Waals surface area contributed by atoms with Crippen LogP contribution in [0.4, 0.5) is 0 Å². The van der Waals surface area contributed by atoms with E-state index in [-0.39, 0.29) is 0 Å². The molecule has 1 aliphatic rings. The first kappa shape index (κ1) is 16.3. The summed E-state index contributed by atoms with van der Waals surface area (Å²) in [5.74, 6) is 1.35. The van der Waals surface area contributed by atoms with Crippen molar-refractivity contribution in [1.29, 1.82) is 0 Å². The highest BCUT2D eigenvalue weighted by atomic mass is 16.3. The molecular weight excluding hydrogens is 260 g/mol. The van der Waals surface area contributed by atoms with Crippen LogP contribution in [0.1, 0.15) is 42.9 Å². The molecule has 0 radical (unpaired) electrons. The Labute approximate surface area is 129 Å². The van der Waals surface area contributed by atoms with Gasteiger partial charge in [-0.25, -0.2) is 0 Å². The fourth-order valence-corrected chi connectivity index (χ4v) is 3.09. The average molecular weight is 290 g/mol. The minimum atomic E-state index is 0.429. The highest BCUT2D eigenvalue weighted by Crippen LogP contribution is 2.22. The predicted molar refractivity (Wildman–Crippen MR) is 88.7 cm³/mol. The van der Waals surface area contributed by atoms with Gasteiger partial charge in [-0.05, 0) is 81.9 Å². The molecule has 0 saturated carbocycles. The normalized spacial score (nSPS) is 17.3. The molecule has 2 N–H and O–H groups in total. The summed E-state index contributed by atoms with van der Waals surface area (Å²) in [4.78, 5) is 2.59. The average Bonchev–Trinajstić information content (AvgIpc) is 2.46. The molecule has 0 aromatic heterocycles. The molecule has 3 heteroatoms. The Balaban J connectivity index is 1.64. The van der Waals surface area contributed by atoms with E-state index in [0.717, 1.165) is 30.1 Å². The van der Waals surface area contributed by atoms with Crippen molar-refractivity contribution < 1.29 is 5.11 Å². The summed E-state index contributed by atoms with van der Waals surface area (Å²) in [6, 6.07) is 4.14. The van der Waals surface area contributed by atoms with Crippen LogP contribution < -0.4 is 5.32 Å². The molecule has 0 atom stereocenters. The molecule has 1 aliphatic heterocycles. The molecule has 1 aromatic rings. The van der Waals surface area contributed by atoms with Gasteiger partial charge in [0.05, 0.1) is 0 Å². The summed E-state index contributed by atoms with van der Waals surface area (Å²) in [5.41, 5.74) is 3.19. The molecule has 0 unspecified atom stereocenters. The Morgan fingerprint density at radius 3 is 2.43 bits per heavy atom. The smallest absolute Gasteiger partial charge is 0.121 e. The van der Waals surface area contributed by atoms with E-state index in [4.69, 9.17) is 0 Å². The Hall–Kier alpha value is -1.06. The third-order valence-electron chi connectivity index (χ3n) is 4.58. The first-order valence-electron chi connectivity index (χ1n) is 8.28. The van der Waals surface area contributed by atoms with Crippen LogP contribution >= 0.6 is 0 Å². The molecule has 118 valence electrons. The van der Waals surface area contributed by atoms with Crippen LogP contribution in [0.2, 0.25) is 0 Å². The zero-order chi connectivity index (χ0) is 15.2. The van der Waals surface area contributed by atoms with Crippen molar-refractivity contribution in [1.82, 2.24) is 10.2 Å². The summed E-state index contributed by atoms with van der Waals surface area (Å²) in [5, 5.41) is 13.3. The fourth-order valence-electron chi connectivity index (χ4n) is 3.09. The molecular formula is C18H30N2O. The molecule has 21 heavy (non-hydrogen) atoms. The second-order valence-electron chi connectivity index (χ2n) is 6.63. The number of rotatable bonds is 6. The Kier molecular flexibility index (Phi) is 6.07. The number of phenolic OH excluding ortho intramolecular Hbond substituents is 1. The lowest BCUT2D eigenvalue weighted by atomic mass is 9.99. The Morgan fingerprint density at radius 1 is 1.19 bits per heavy atom. The van der Waals surface area contributed by atoms with Crippen molar-refractivity contribution in [2.75, 3.05) is 26.2 Å². The predicted octanol–water partition coefficient (Wildman–Crippen LogP) is 3.22. The van der Waals surface area contributed by atoms with E-state index in [1.807, 2.05) is 13.8 Å². The van der Waals surface area contributed by atoms with Gasteiger partial charge in [0, 0.05) is 6.54 Å². The molecule has 2 rings (SSSR count). The molecule has 1 fully saturated rings. The SMILES string of the molecule is Cc1cc(CNCCCN2CCC(C)CC2)cc(C)c1O. The van der Waals surface area contributed by atoms with Crippen molar-refractivity contribution >= 4 is 0 Å². The van der Waals surface area contributed by atoms with E-state index >= 15 is 0 Å². The molecule has 1 saturated heterocycles. The van der Waals surface area contributed by atoms with E-state index in [0.29, 0.717) is 5.75 Å². The highest BCUT2D eigenvalue weighted by molar-refractivity contribution is 5.42. The lowest BCUT2D eigenvalue weighted by Gasteiger charge is -2.30. The Bertz CT molecular complexity index is 428. The summed E-state index contributed by atoms with van der Waals surface area (Å²) in [6.45, 7) is 12.0. The molecule has 3 nitrogen and oxygen atoms in total. The second-order valence-corrected chi connectivity index (χ2v) is 6.63. The molecule has 0 amide bonds. The molecule has 0 spiro atoms. The van der Waals surface area contributed by atoms with Crippen molar-refractivity contribution in [3.05, 3.63) is 28.8 Å². The number of nitrogens with one attached hydrogen (secondary N) is 1. The maximum Gasteiger partial charge on any atom is 0.121 e. The maximum atomic E-state index is 9.78. The van der Waals surface area contributed by atoms with Crippen LogP contribution in [-0.4, -0.2) is 36.2 Å². The van der Waals surface area contributed by atoms with Crippen molar-refractivity contribution in [3.63, 3.8) is 0 Å². The van der Waals surface area contributed by atoms with Crippen LogP contribution in [0.25, 0.3) is 0 Å². The summed E-state index contributed by atoms with van der Waals surface area (Å²) >= 11 is 0. The second kappa shape index (κ2) is 7.81. The van der Waals surface area contributed by atoms with Gasteiger partial charge in [-0.15, -0.1) is 0 Å². The number of hydrogen-bond donors (Lipinski definition) is 2. The van der Waals surface area contributed by atoms with Crippen LogP contribution in [-0.2, 0) is 6.54 Å². The minimum Gasteiger partial charge on any atom is -0.507 e. The summed E-state index contributed by atoms with van der Waals surface area (Å²) < 4.78 is 0. The quantitative estimate of drug-likeness (QED) is 0.790. The summed E-state index contributed by atoms with van der Waals surface area (Å²) in [7, 11) is 0. The topological polar surface area (TPSA) is 35.5 Å². The van der Waals surface area contributed by atoms with Crippen molar-refractivity contribution in [3.8, 4) is 5.75 Å². The molecule has 0 aliphatic carbocycles. The monoisotopic (exact) mass is 290 g/mol. The van der Waals surface area contributed by atoms with Gasteiger partial charge in [0.25, 0.3) is 0 Å². The third kappa shape index (κ3) is 5.01. The minimum absolute atomic E-state index is 0.429. The van der Waals surface area contributed by atoms with E-state index in [9.17, 15) is 5.11 Å². The van der Waals surface area contributed by atoms with Crippen LogP contribution in [0.15, 0.2) is 12.1 Å². The lowest BCUT2D eigenvalue weighted by Crippen LogP contribution is -2.34. The van der Waals surface area contributed by atoms with Crippen molar-refractivity contribution in [2.45, 2.75) is 46.6 Å². The number of nitrogens with zero attached hydrogens (tertiary/aromatic N) is 1. The van der Waals surface area contributed by atoms with Gasteiger partial charge in [-0.2, -0.15) is 0 Å². The first-order chi connectivity index (χ1) is 10.1. The number of likely N-dealkylation sites (tertiary alicyclic amines) is 1. The lowest BCUT2D eigenvalue weighted by molar-refractivity contribution is 0.190. The van der Waals surface area contributed by atoms with E-state index in [1.165, 1.54) is 44.5 Å². The molecule has 1 aromatic carbocycles. The molecule has 1 heterocycles. The van der Waals surface area contributed by atoms with Gasteiger partial charge in [0.15, 0.2) is 0 Å². The van der Waals surface area contributed by atoms with Gasteiger partial charge >= 0.3 is 0 Å². The van der Waals surface area contributed by atoms with E-state index < -0.39 is 0 Å².